The Kier molecular flexibility index (Phi) is 8.75. The summed E-state index contributed by atoms with van der Waals surface area (Å²) < 4.78 is 26.8. The summed E-state index contributed by atoms with van der Waals surface area (Å²) in [5, 5.41) is 6.23. The number of carbonyl (C=O) groups is 1. The van der Waals surface area contributed by atoms with Crippen LogP contribution in [0.1, 0.15) is 15.9 Å². The van der Waals surface area contributed by atoms with Crippen molar-refractivity contribution in [1.29, 1.82) is 0 Å². The summed E-state index contributed by atoms with van der Waals surface area (Å²) in [6.45, 7) is 1.18. The predicted molar refractivity (Wildman–Crippen MR) is 117 cm³/mol. The van der Waals surface area contributed by atoms with Crippen LogP contribution in [0.2, 0.25) is 0 Å². The normalized spacial score (nSPS) is 11.8. The van der Waals surface area contributed by atoms with E-state index in [-0.39, 0.29) is 17.3 Å². The number of aliphatic imine (C=N–C) groups is 1. The highest BCUT2D eigenvalue weighted by atomic mass is 32.2. The number of nitrogens with zero attached hydrogens (tertiary/aromatic N) is 3. The summed E-state index contributed by atoms with van der Waals surface area (Å²) in [7, 11) is 1.52. The Labute approximate surface area is 177 Å². The molecule has 1 heterocycles. The highest BCUT2D eigenvalue weighted by molar-refractivity contribution is 7.89. The number of benzene rings is 1. The van der Waals surface area contributed by atoms with Crippen molar-refractivity contribution in [2.45, 2.75) is 11.3 Å². The van der Waals surface area contributed by atoms with Gasteiger partial charge in [-0.2, -0.15) is 0 Å². The fourth-order valence-electron chi connectivity index (χ4n) is 2.62. The van der Waals surface area contributed by atoms with Gasteiger partial charge in [0, 0.05) is 58.7 Å². The van der Waals surface area contributed by atoms with Crippen LogP contribution in [-0.2, 0) is 16.4 Å². The molecule has 0 fully saturated rings. The number of carbonyl (C=O) groups excluding carboxylic acids is 1. The number of aromatic nitrogens is 1. The van der Waals surface area contributed by atoms with Crippen LogP contribution in [0.4, 0.5) is 0 Å². The van der Waals surface area contributed by atoms with Crippen molar-refractivity contribution in [2.75, 3.05) is 40.8 Å². The van der Waals surface area contributed by atoms with Crippen molar-refractivity contribution in [3.63, 3.8) is 0 Å². The van der Waals surface area contributed by atoms with Crippen LogP contribution >= 0.6 is 0 Å². The molecule has 2 aromatic rings. The van der Waals surface area contributed by atoms with Gasteiger partial charge in [0.05, 0.1) is 0 Å². The first-order valence-electron chi connectivity index (χ1n) is 9.48. The summed E-state index contributed by atoms with van der Waals surface area (Å²) >= 11 is 0. The number of pyridine rings is 1. The van der Waals surface area contributed by atoms with Crippen molar-refractivity contribution in [2.24, 2.45) is 4.99 Å². The largest absolute Gasteiger partial charge is 0.356 e. The van der Waals surface area contributed by atoms with E-state index in [1.54, 1.807) is 38.2 Å². The Bertz CT molecular complexity index is 962. The van der Waals surface area contributed by atoms with Gasteiger partial charge < -0.3 is 15.5 Å². The Hall–Kier alpha value is -2.98. The molecule has 0 aliphatic heterocycles. The molecule has 9 nitrogen and oxygen atoms in total. The predicted octanol–water partition coefficient (Wildman–Crippen LogP) is 0.469. The number of amides is 1. The minimum atomic E-state index is -3.58. The maximum absolute atomic E-state index is 12.1. The molecule has 162 valence electrons. The van der Waals surface area contributed by atoms with E-state index in [4.69, 9.17) is 0 Å². The summed E-state index contributed by atoms with van der Waals surface area (Å²) in [5.74, 6) is 0.534. The third-order valence-corrected chi connectivity index (χ3v) is 5.61. The van der Waals surface area contributed by atoms with Crippen LogP contribution in [0.3, 0.4) is 0 Å². The summed E-state index contributed by atoms with van der Waals surface area (Å²) in [6, 6.07) is 10.6. The highest BCUT2D eigenvalue weighted by Crippen LogP contribution is 2.08. The van der Waals surface area contributed by atoms with Crippen molar-refractivity contribution in [3.05, 3.63) is 59.9 Å². The van der Waals surface area contributed by atoms with Gasteiger partial charge in [0.1, 0.15) is 4.90 Å². The number of hydrogen-bond donors (Lipinski definition) is 3. The molecule has 0 radical (unpaired) electrons. The van der Waals surface area contributed by atoms with Gasteiger partial charge in [-0.05, 0) is 36.2 Å². The fourth-order valence-corrected chi connectivity index (χ4v) is 3.61. The first-order valence-corrected chi connectivity index (χ1v) is 11.0. The molecule has 1 aromatic carbocycles. The van der Waals surface area contributed by atoms with Gasteiger partial charge in [-0.15, -0.1) is 0 Å². The zero-order chi connectivity index (χ0) is 22.0. The van der Waals surface area contributed by atoms with Crippen molar-refractivity contribution in [3.8, 4) is 0 Å². The fraction of sp³-hybridized carbons (Fsp3) is 0.350. The molecule has 3 N–H and O–H groups in total. The molecule has 30 heavy (non-hydrogen) atoms. The van der Waals surface area contributed by atoms with Gasteiger partial charge in [0.15, 0.2) is 5.96 Å². The van der Waals surface area contributed by atoms with E-state index in [0.717, 1.165) is 5.56 Å². The van der Waals surface area contributed by atoms with E-state index in [1.807, 2.05) is 18.2 Å². The maximum atomic E-state index is 12.1. The Morgan fingerprint density at radius 3 is 2.53 bits per heavy atom. The standard InChI is InChI=1S/C20H28N6O3S/c1-21-20(24-12-13-25-30(28,29)18-8-5-10-22-15-18)23-11-9-16-6-4-7-17(14-16)19(27)26(2)3/h4-8,10,14-15,25H,9,11-13H2,1-3H3,(H2,21,23,24). The second-order valence-corrected chi connectivity index (χ2v) is 8.43. The molecule has 2 rings (SSSR count). The van der Waals surface area contributed by atoms with E-state index in [2.05, 4.69) is 25.3 Å². The van der Waals surface area contributed by atoms with Crippen molar-refractivity contribution in [1.82, 2.24) is 25.2 Å². The van der Waals surface area contributed by atoms with Gasteiger partial charge in [-0.1, -0.05) is 12.1 Å². The van der Waals surface area contributed by atoms with E-state index in [1.165, 1.54) is 18.5 Å². The molecule has 0 unspecified atom stereocenters. The summed E-state index contributed by atoms with van der Waals surface area (Å²) in [5.41, 5.74) is 1.69. The molecular formula is C20H28N6O3S. The van der Waals surface area contributed by atoms with Crippen molar-refractivity contribution < 1.29 is 13.2 Å². The van der Waals surface area contributed by atoms with Crippen LogP contribution in [0.25, 0.3) is 0 Å². The molecule has 0 aliphatic rings. The highest BCUT2D eigenvalue weighted by Gasteiger charge is 2.13. The lowest BCUT2D eigenvalue weighted by molar-refractivity contribution is 0.0827. The van der Waals surface area contributed by atoms with Gasteiger partial charge in [0.2, 0.25) is 10.0 Å². The molecular weight excluding hydrogens is 404 g/mol. The molecule has 0 saturated heterocycles. The third kappa shape index (κ3) is 7.12. The quantitative estimate of drug-likeness (QED) is 0.301. The van der Waals surface area contributed by atoms with Gasteiger partial charge in [0.25, 0.3) is 5.91 Å². The summed E-state index contributed by atoms with van der Waals surface area (Å²) in [6.07, 6.45) is 3.53. The second kappa shape index (κ2) is 11.3. The molecule has 1 aromatic heterocycles. The average molecular weight is 433 g/mol. The van der Waals surface area contributed by atoms with Gasteiger partial charge in [-0.25, -0.2) is 13.1 Å². The minimum Gasteiger partial charge on any atom is -0.356 e. The number of sulfonamides is 1. The Morgan fingerprint density at radius 1 is 1.10 bits per heavy atom. The number of nitrogens with one attached hydrogen (secondary N) is 3. The molecule has 0 spiro atoms. The van der Waals surface area contributed by atoms with Crippen molar-refractivity contribution >= 4 is 21.9 Å². The van der Waals surface area contributed by atoms with E-state index in [9.17, 15) is 13.2 Å². The van der Waals surface area contributed by atoms with Crippen LogP contribution in [0.5, 0.6) is 0 Å². The average Bonchev–Trinajstić information content (AvgIpc) is 2.75. The molecule has 0 aliphatic carbocycles. The molecule has 0 saturated carbocycles. The second-order valence-electron chi connectivity index (χ2n) is 6.66. The van der Waals surface area contributed by atoms with E-state index in [0.29, 0.717) is 31.0 Å². The van der Waals surface area contributed by atoms with E-state index < -0.39 is 10.0 Å². The molecule has 1 amide bonds. The summed E-state index contributed by atoms with van der Waals surface area (Å²) in [4.78, 5) is 21.7. The third-order valence-electron chi connectivity index (χ3n) is 4.16. The first-order chi connectivity index (χ1) is 14.3. The SMILES string of the molecule is CN=C(NCCNS(=O)(=O)c1cccnc1)NCCc1cccc(C(=O)N(C)C)c1. The number of rotatable bonds is 9. The number of guanidine groups is 1. The Balaban J connectivity index is 1.75. The topological polar surface area (TPSA) is 116 Å². The van der Waals surface area contributed by atoms with Crippen LogP contribution < -0.4 is 15.4 Å². The first kappa shape index (κ1) is 23.3. The molecule has 0 bridgehead atoms. The van der Waals surface area contributed by atoms with Crippen LogP contribution in [0, 0.1) is 0 Å². The lowest BCUT2D eigenvalue weighted by Crippen LogP contribution is -2.42. The van der Waals surface area contributed by atoms with E-state index >= 15 is 0 Å². The monoisotopic (exact) mass is 432 g/mol. The minimum absolute atomic E-state index is 0.0315. The number of hydrogen-bond acceptors (Lipinski definition) is 5. The molecule has 10 heteroatoms. The van der Waals surface area contributed by atoms with Crippen LogP contribution in [0.15, 0.2) is 58.7 Å². The molecule has 0 atom stereocenters. The lowest BCUT2D eigenvalue weighted by atomic mass is 10.1. The van der Waals surface area contributed by atoms with Gasteiger partial charge in [-0.3, -0.25) is 14.8 Å². The van der Waals surface area contributed by atoms with Gasteiger partial charge >= 0.3 is 0 Å². The zero-order valence-corrected chi connectivity index (χ0v) is 18.2. The lowest BCUT2D eigenvalue weighted by Gasteiger charge is -2.13. The Morgan fingerprint density at radius 2 is 1.87 bits per heavy atom. The smallest absolute Gasteiger partial charge is 0.253 e. The zero-order valence-electron chi connectivity index (χ0n) is 17.4. The van der Waals surface area contributed by atoms with Crippen LogP contribution in [-0.4, -0.2) is 70.9 Å². The maximum Gasteiger partial charge on any atom is 0.253 e.